The highest BCUT2D eigenvalue weighted by atomic mass is 35.5. The van der Waals surface area contributed by atoms with Gasteiger partial charge in [0.2, 0.25) is 0 Å². The van der Waals surface area contributed by atoms with Gasteiger partial charge in [-0.15, -0.1) is 0 Å². The molecule has 0 aromatic carbocycles. The number of nitrogens with one attached hydrogen (secondary N) is 2. The molecule has 0 unspecified atom stereocenters. The largest absolute Gasteiger partial charge is 0.370 e. The van der Waals surface area contributed by atoms with Crippen LogP contribution in [0.1, 0.15) is 43.5 Å². The summed E-state index contributed by atoms with van der Waals surface area (Å²) >= 11 is 6.04. The van der Waals surface area contributed by atoms with Crippen LogP contribution in [0.25, 0.3) is 0 Å². The summed E-state index contributed by atoms with van der Waals surface area (Å²) in [5.41, 5.74) is 0.776. The van der Waals surface area contributed by atoms with Gasteiger partial charge in [-0.1, -0.05) is 25.4 Å². The average Bonchev–Trinajstić information content (AvgIpc) is 3.13. The van der Waals surface area contributed by atoms with Crippen molar-refractivity contribution in [2.45, 2.75) is 33.1 Å². The van der Waals surface area contributed by atoms with E-state index in [4.69, 9.17) is 11.6 Å². The first-order valence-electron chi connectivity index (χ1n) is 6.72. The Labute approximate surface area is 118 Å². The van der Waals surface area contributed by atoms with Crippen LogP contribution in [-0.2, 0) is 0 Å². The molecule has 0 spiro atoms. The predicted molar refractivity (Wildman–Crippen MR) is 77.7 cm³/mol. The first kappa shape index (κ1) is 14.1. The summed E-state index contributed by atoms with van der Waals surface area (Å²) in [6, 6.07) is 1.71. The summed E-state index contributed by atoms with van der Waals surface area (Å²) in [5, 5.41) is 6.49. The third-order valence-corrected chi connectivity index (χ3v) is 3.74. The normalized spacial score (nSPS) is 15.9. The van der Waals surface area contributed by atoms with Crippen LogP contribution in [0, 0.1) is 5.41 Å². The lowest BCUT2D eigenvalue weighted by molar-refractivity contribution is 0.0946. The molecule has 0 saturated heterocycles. The molecule has 4 nitrogen and oxygen atoms in total. The first-order valence-corrected chi connectivity index (χ1v) is 7.09. The lowest BCUT2D eigenvalue weighted by Gasteiger charge is -2.12. The SMILES string of the molecule is CCCNc1cc(C(=O)NCC2(C)CC2)c(Cl)cn1. The second-order valence-corrected chi connectivity index (χ2v) is 5.88. The number of hydrogen-bond acceptors (Lipinski definition) is 3. The Kier molecular flexibility index (Phi) is 4.30. The summed E-state index contributed by atoms with van der Waals surface area (Å²) in [6.07, 6.45) is 4.89. The number of amides is 1. The molecule has 2 rings (SSSR count). The number of carbonyl (C=O) groups excluding carboxylic acids is 1. The highest BCUT2D eigenvalue weighted by Crippen LogP contribution is 2.44. The van der Waals surface area contributed by atoms with Gasteiger partial charge in [-0.2, -0.15) is 0 Å². The zero-order valence-corrected chi connectivity index (χ0v) is 12.2. The molecule has 0 bridgehead atoms. The third kappa shape index (κ3) is 3.83. The molecule has 1 aliphatic rings. The monoisotopic (exact) mass is 281 g/mol. The molecule has 1 amide bonds. The second kappa shape index (κ2) is 5.78. The zero-order chi connectivity index (χ0) is 13.9. The maximum Gasteiger partial charge on any atom is 0.253 e. The van der Waals surface area contributed by atoms with Crippen LogP contribution < -0.4 is 10.6 Å². The van der Waals surface area contributed by atoms with Gasteiger partial charge in [-0.05, 0) is 30.7 Å². The standard InChI is InChI=1S/C14H20ClN3O/c1-3-6-16-12-7-10(11(15)8-17-12)13(19)18-9-14(2)4-5-14/h7-8H,3-6,9H2,1-2H3,(H,16,17)(H,18,19). The van der Waals surface area contributed by atoms with Gasteiger partial charge in [0, 0.05) is 19.3 Å². The van der Waals surface area contributed by atoms with Crippen LogP contribution in [0.5, 0.6) is 0 Å². The van der Waals surface area contributed by atoms with E-state index >= 15 is 0 Å². The maximum absolute atomic E-state index is 12.1. The molecule has 1 fully saturated rings. The van der Waals surface area contributed by atoms with Gasteiger partial charge in [0.1, 0.15) is 5.82 Å². The van der Waals surface area contributed by atoms with Gasteiger partial charge in [0.05, 0.1) is 10.6 Å². The molecule has 1 aromatic rings. The van der Waals surface area contributed by atoms with Crippen molar-refractivity contribution in [2.24, 2.45) is 5.41 Å². The molecule has 5 heteroatoms. The van der Waals surface area contributed by atoms with E-state index in [1.54, 1.807) is 6.07 Å². The number of hydrogen-bond donors (Lipinski definition) is 2. The predicted octanol–water partition coefficient (Wildman–Crippen LogP) is 3.09. The molecule has 19 heavy (non-hydrogen) atoms. The van der Waals surface area contributed by atoms with Crippen molar-refractivity contribution in [3.63, 3.8) is 0 Å². The van der Waals surface area contributed by atoms with Gasteiger partial charge in [0.15, 0.2) is 0 Å². The summed E-state index contributed by atoms with van der Waals surface area (Å²) in [5.74, 6) is 0.564. The summed E-state index contributed by atoms with van der Waals surface area (Å²) in [6.45, 7) is 5.79. The van der Waals surface area contributed by atoms with Crippen molar-refractivity contribution in [2.75, 3.05) is 18.4 Å². The molecule has 0 radical (unpaired) electrons. The Morgan fingerprint density at radius 1 is 1.53 bits per heavy atom. The number of nitrogens with zero attached hydrogens (tertiary/aromatic N) is 1. The van der Waals surface area contributed by atoms with Crippen molar-refractivity contribution in [3.8, 4) is 0 Å². The van der Waals surface area contributed by atoms with Crippen molar-refractivity contribution in [1.82, 2.24) is 10.3 Å². The first-order chi connectivity index (χ1) is 9.04. The minimum absolute atomic E-state index is 0.125. The molecule has 1 aliphatic carbocycles. The number of carbonyl (C=O) groups is 1. The summed E-state index contributed by atoms with van der Waals surface area (Å²) in [7, 11) is 0. The quantitative estimate of drug-likeness (QED) is 0.842. The van der Waals surface area contributed by atoms with Crippen LogP contribution in [0.3, 0.4) is 0 Å². The van der Waals surface area contributed by atoms with E-state index < -0.39 is 0 Å². The van der Waals surface area contributed by atoms with Gasteiger partial charge < -0.3 is 10.6 Å². The molecule has 1 aromatic heterocycles. The molecule has 0 aliphatic heterocycles. The molecule has 104 valence electrons. The second-order valence-electron chi connectivity index (χ2n) is 5.47. The van der Waals surface area contributed by atoms with Gasteiger partial charge in [-0.25, -0.2) is 4.98 Å². The van der Waals surface area contributed by atoms with E-state index in [1.165, 1.54) is 19.0 Å². The molecule has 2 N–H and O–H groups in total. The highest BCUT2D eigenvalue weighted by Gasteiger charge is 2.37. The summed E-state index contributed by atoms with van der Waals surface area (Å²) in [4.78, 5) is 16.3. The molecular weight excluding hydrogens is 262 g/mol. The Morgan fingerprint density at radius 3 is 2.89 bits per heavy atom. The maximum atomic E-state index is 12.1. The van der Waals surface area contributed by atoms with E-state index in [9.17, 15) is 4.79 Å². The zero-order valence-electron chi connectivity index (χ0n) is 11.4. The van der Waals surface area contributed by atoms with Crippen LogP contribution in [0.2, 0.25) is 5.02 Å². The minimum Gasteiger partial charge on any atom is -0.370 e. The fourth-order valence-electron chi connectivity index (χ4n) is 1.74. The van der Waals surface area contributed by atoms with E-state index in [0.29, 0.717) is 28.4 Å². The van der Waals surface area contributed by atoms with Crippen LogP contribution in [0.4, 0.5) is 5.82 Å². The summed E-state index contributed by atoms with van der Waals surface area (Å²) < 4.78 is 0. The van der Waals surface area contributed by atoms with Crippen molar-refractivity contribution in [3.05, 3.63) is 22.8 Å². The molecular formula is C14H20ClN3O. The van der Waals surface area contributed by atoms with E-state index in [2.05, 4.69) is 29.5 Å². The Bertz CT molecular complexity index is 472. The molecule has 1 saturated carbocycles. The smallest absolute Gasteiger partial charge is 0.253 e. The Balaban J connectivity index is 2.02. The fraction of sp³-hybridized carbons (Fsp3) is 0.571. The number of aromatic nitrogens is 1. The number of anilines is 1. The lowest BCUT2D eigenvalue weighted by Crippen LogP contribution is -2.29. The molecule has 0 atom stereocenters. The van der Waals surface area contributed by atoms with Crippen molar-refractivity contribution in [1.29, 1.82) is 0 Å². The lowest BCUT2D eigenvalue weighted by atomic mass is 10.1. The number of rotatable bonds is 6. The topological polar surface area (TPSA) is 54.0 Å². The third-order valence-electron chi connectivity index (χ3n) is 3.44. The average molecular weight is 282 g/mol. The van der Waals surface area contributed by atoms with Crippen molar-refractivity contribution >= 4 is 23.3 Å². The van der Waals surface area contributed by atoms with E-state index in [0.717, 1.165) is 13.0 Å². The van der Waals surface area contributed by atoms with Gasteiger partial charge in [0.25, 0.3) is 5.91 Å². The fourth-order valence-corrected chi connectivity index (χ4v) is 1.93. The van der Waals surface area contributed by atoms with Crippen molar-refractivity contribution < 1.29 is 4.79 Å². The van der Waals surface area contributed by atoms with Crippen LogP contribution >= 0.6 is 11.6 Å². The van der Waals surface area contributed by atoms with E-state index in [-0.39, 0.29) is 5.91 Å². The highest BCUT2D eigenvalue weighted by molar-refractivity contribution is 6.33. The Hall–Kier alpha value is -1.29. The van der Waals surface area contributed by atoms with Gasteiger partial charge in [-0.3, -0.25) is 4.79 Å². The van der Waals surface area contributed by atoms with Crippen LogP contribution in [0.15, 0.2) is 12.3 Å². The number of pyridine rings is 1. The minimum atomic E-state index is -0.125. The Morgan fingerprint density at radius 2 is 2.26 bits per heavy atom. The molecule has 1 heterocycles. The van der Waals surface area contributed by atoms with Gasteiger partial charge >= 0.3 is 0 Å². The number of halogens is 1. The van der Waals surface area contributed by atoms with Crippen LogP contribution in [-0.4, -0.2) is 24.0 Å². The van der Waals surface area contributed by atoms with E-state index in [1.807, 2.05) is 0 Å².